The highest BCUT2D eigenvalue weighted by molar-refractivity contribution is 5.95. The maximum Gasteiger partial charge on any atom is 0.246 e. The van der Waals surface area contributed by atoms with Crippen LogP contribution in [0.3, 0.4) is 0 Å². The van der Waals surface area contributed by atoms with E-state index in [9.17, 15) is 9.59 Å². The molecule has 0 aromatic heterocycles. The first kappa shape index (κ1) is 17.3. The summed E-state index contributed by atoms with van der Waals surface area (Å²) in [5, 5.41) is 2.82. The average molecular weight is 320 g/mol. The first-order valence-corrected chi connectivity index (χ1v) is 8.01. The molecule has 0 bridgehead atoms. The van der Waals surface area contributed by atoms with E-state index in [-0.39, 0.29) is 24.3 Å². The van der Waals surface area contributed by atoms with Gasteiger partial charge < -0.3 is 19.7 Å². The second kappa shape index (κ2) is 8.53. The van der Waals surface area contributed by atoms with Gasteiger partial charge in [-0.2, -0.15) is 0 Å². The number of carbonyl (C=O) groups is 2. The summed E-state index contributed by atoms with van der Waals surface area (Å²) in [6.45, 7) is 6.08. The van der Waals surface area contributed by atoms with E-state index in [2.05, 4.69) is 5.32 Å². The van der Waals surface area contributed by atoms with E-state index in [1.807, 2.05) is 38.1 Å². The molecule has 0 aliphatic carbocycles. The van der Waals surface area contributed by atoms with E-state index in [1.165, 1.54) is 0 Å². The summed E-state index contributed by atoms with van der Waals surface area (Å²) in [7, 11) is 0. The summed E-state index contributed by atoms with van der Waals surface area (Å²) in [5.41, 5.74) is 0.863. The summed E-state index contributed by atoms with van der Waals surface area (Å²) in [6.07, 6.45) is 0.447. The molecule has 6 nitrogen and oxygen atoms in total. The van der Waals surface area contributed by atoms with Crippen molar-refractivity contribution in [1.29, 1.82) is 0 Å². The number of rotatable bonds is 8. The van der Waals surface area contributed by atoms with Gasteiger partial charge in [0.15, 0.2) is 0 Å². The van der Waals surface area contributed by atoms with Crippen LogP contribution in [0.1, 0.15) is 20.3 Å². The van der Waals surface area contributed by atoms with E-state index in [4.69, 9.17) is 9.47 Å². The fourth-order valence-corrected chi connectivity index (χ4v) is 2.56. The van der Waals surface area contributed by atoms with Gasteiger partial charge >= 0.3 is 0 Å². The highest BCUT2D eigenvalue weighted by Crippen LogP contribution is 2.26. The van der Waals surface area contributed by atoms with Crippen molar-refractivity contribution in [2.45, 2.75) is 20.3 Å². The Hall–Kier alpha value is -2.08. The molecule has 1 aliphatic heterocycles. The smallest absolute Gasteiger partial charge is 0.246 e. The second-order valence-electron chi connectivity index (χ2n) is 5.44. The van der Waals surface area contributed by atoms with Gasteiger partial charge in [-0.3, -0.25) is 9.59 Å². The van der Waals surface area contributed by atoms with Crippen molar-refractivity contribution in [1.82, 2.24) is 5.32 Å². The number of amides is 2. The number of hydrogen-bond donors (Lipinski definition) is 1. The fourth-order valence-electron chi connectivity index (χ4n) is 2.56. The number of anilines is 1. The molecule has 0 saturated carbocycles. The molecule has 2 amide bonds. The molecule has 1 N–H and O–H groups in total. The molecule has 1 aromatic rings. The summed E-state index contributed by atoms with van der Waals surface area (Å²) in [4.78, 5) is 25.5. The molecule has 6 heteroatoms. The van der Waals surface area contributed by atoms with Crippen molar-refractivity contribution in [2.24, 2.45) is 5.92 Å². The Labute approximate surface area is 136 Å². The zero-order chi connectivity index (χ0) is 16.7. The Morgan fingerprint density at radius 2 is 2.00 bits per heavy atom. The quantitative estimate of drug-likeness (QED) is 0.790. The number of carbonyl (C=O) groups excluding carboxylic acids is 2. The first-order chi connectivity index (χ1) is 11.1. The predicted molar refractivity (Wildman–Crippen MR) is 87.6 cm³/mol. The zero-order valence-corrected chi connectivity index (χ0v) is 13.7. The number of nitrogens with zero attached hydrogens (tertiary/aromatic N) is 1. The number of nitrogens with one attached hydrogen (secondary N) is 1. The van der Waals surface area contributed by atoms with Gasteiger partial charge in [-0.15, -0.1) is 0 Å². The highest BCUT2D eigenvalue weighted by atomic mass is 16.5. The molecule has 23 heavy (non-hydrogen) atoms. The van der Waals surface area contributed by atoms with Gasteiger partial charge in [0, 0.05) is 37.7 Å². The number of benzene rings is 1. The van der Waals surface area contributed by atoms with Gasteiger partial charge in [-0.25, -0.2) is 0 Å². The third kappa shape index (κ3) is 4.96. The van der Waals surface area contributed by atoms with Gasteiger partial charge in [0.25, 0.3) is 0 Å². The lowest BCUT2D eigenvalue weighted by atomic mass is 10.1. The number of hydrogen-bond acceptors (Lipinski definition) is 4. The van der Waals surface area contributed by atoms with Crippen molar-refractivity contribution in [3.8, 4) is 5.75 Å². The standard InChI is InChI=1S/C17H24N2O4/c1-3-22-12-16(20)18-10-13-9-17(21)19(11-13)14-5-7-15(8-6-14)23-4-2/h5-8,13H,3-4,9-12H2,1-2H3,(H,18,20). The maximum atomic E-state index is 12.2. The van der Waals surface area contributed by atoms with Crippen LogP contribution in [0.15, 0.2) is 24.3 Å². The molecular weight excluding hydrogens is 296 g/mol. The predicted octanol–water partition coefficient (Wildman–Crippen LogP) is 1.59. The van der Waals surface area contributed by atoms with E-state index >= 15 is 0 Å². The van der Waals surface area contributed by atoms with Gasteiger partial charge in [0.05, 0.1) is 6.61 Å². The van der Waals surface area contributed by atoms with Crippen LogP contribution in [-0.2, 0) is 14.3 Å². The SMILES string of the molecule is CCOCC(=O)NCC1CC(=O)N(c2ccc(OCC)cc2)C1. The van der Waals surface area contributed by atoms with Crippen LogP contribution >= 0.6 is 0 Å². The minimum absolute atomic E-state index is 0.0692. The normalized spacial score (nSPS) is 17.4. The van der Waals surface area contributed by atoms with Crippen molar-refractivity contribution in [3.63, 3.8) is 0 Å². The van der Waals surface area contributed by atoms with E-state index in [1.54, 1.807) is 4.90 Å². The van der Waals surface area contributed by atoms with Crippen LogP contribution in [0.25, 0.3) is 0 Å². The van der Waals surface area contributed by atoms with Crippen molar-refractivity contribution < 1.29 is 19.1 Å². The summed E-state index contributed by atoms with van der Waals surface area (Å²) in [6, 6.07) is 7.50. The fraction of sp³-hybridized carbons (Fsp3) is 0.529. The molecule has 1 fully saturated rings. The van der Waals surface area contributed by atoms with Gasteiger partial charge in [0.1, 0.15) is 12.4 Å². The summed E-state index contributed by atoms with van der Waals surface area (Å²) < 4.78 is 10.5. The molecule has 0 radical (unpaired) electrons. The second-order valence-corrected chi connectivity index (χ2v) is 5.44. The molecule has 126 valence electrons. The Balaban J connectivity index is 1.85. The third-order valence-corrected chi connectivity index (χ3v) is 3.69. The van der Waals surface area contributed by atoms with E-state index in [0.29, 0.717) is 32.7 Å². The minimum atomic E-state index is -0.140. The lowest BCUT2D eigenvalue weighted by Crippen LogP contribution is -2.33. The van der Waals surface area contributed by atoms with Crippen molar-refractivity contribution in [2.75, 3.05) is 37.8 Å². The molecule has 1 unspecified atom stereocenters. The van der Waals surface area contributed by atoms with Crippen LogP contribution in [0.4, 0.5) is 5.69 Å². The number of ether oxygens (including phenoxy) is 2. The Kier molecular flexibility index (Phi) is 6.40. The van der Waals surface area contributed by atoms with Gasteiger partial charge in [-0.1, -0.05) is 0 Å². The van der Waals surface area contributed by atoms with Crippen LogP contribution in [0.5, 0.6) is 5.75 Å². The first-order valence-electron chi connectivity index (χ1n) is 8.01. The third-order valence-electron chi connectivity index (χ3n) is 3.69. The molecule has 1 aromatic carbocycles. The minimum Gasteiger partial charge on any atom is -0.494 e. The molecular formula is C17H24N2O4. The summed E-state index contributed by atoms with van der Waals surface area (Å²) >= 11 is 0. The molecule has 1 aliphatic rings. The van der Waals surface area contributed by atoms with Crippen LogP contribution in [0.2, 0.25) is 0 Å². The lowest BCUT2D eigenvalue weighted by molar-refractivity contribution is -0.125. The lowest BCUT2D eigenvalue weighted by Gasteiger charge is -2.17. The van der Waals surface area contributed by atoms with E-state index in [0.717, 1.165) is 11.4 Å². The Bertz CT molecular complexity index is 530. The van der Waals surface area contributed by atoms with E-state index < -0.39 is 0 Å². The molecule has 2 rings (SSSR count). The zero-order valence-electron chi connectivity index (χ0n) is 13.7. The summed E-state index contributed by atoms with van der Waals surface area (Å²) in [5.74, 6) is 0.860. The molecule has 1 heterocycles. The van der Waals surface area contributed by atoms with Gasteiger partial charge in [0.2, 0.25) is 11.8 Å². The van der Waals surface area contributed by atoms with Crippen LogP contribution in [0, 0.1) is 5.92 Å². The highest BCUT2D eigenvalue weighted by Gasteiger charge is 2.30. The topological polar surface area (TPSA) is 67.9 Å². The van der Waals surface area contributed by atoms with Crippen molar-refractivity contribution in [3.05, 3.63) is 24.3 Å². The van der Waals surface area contributed by atoms with Crippen molar-refractivity contribution >= 4 is 17.5 Å². The average Bonchev–Trinajstić information content (AvgIpc) is 2.93. The largest absolute Gasteiger partial charge is 0.494 e. The molecule has 1 atom stereocenters. The maximum absolute atomic E-state index is 12.2. The molecule has 1 saturated heterocycles. The Morgan fingerprint density at radius 1 is 1.26 bits per heavy atom. The van der Waals surface area contributed by atoms with Crippen LogP contribution < -0.4 is 15.0 Å². The van der Waals surface area contributed by atoms with Gasteiger partial charge in [-0.05, 0) is 38.1 Å². The molecule has 0 spiro atoms. The van der Waals surface area contributed by atoms with Crippen LogP contribution in [-0.4, -0.2) is 44.7 Å². The Morgan fingerprint density at radius 3 is 2.65 bits per heavy atom. The monoisotopic (exact) mass is 320 g/mol.